The molecule has 1 amide bonds. The number of carbonyl (C=O) groups is 2. The first kappa shape index (κ1) is 11.8. The summed E-state index contributed by atoms with van der Waals surface area (Å²) in [5.74, 6) is -0.236. The Bertz CT molecular complexity index is 471. The summed E-state index contributed by atoms with van der Waals surface area (Å²) >= 11 is 6.67. The van der Waals surface area contributed by atoms with Crippen LogP contribution in [0.25, 0.3) is 0 Å². The van der Waals surface area contributed by atoms with Crippen LogP contribution in [-0.4, -0.2) is 14.9 Å². The maximum absolute atomic E-state index is 12.1. The molecule has 0 aromatic heterocycles. The summed E-state index contributed by atoms with van der Waals surface area (Å²) < 4.78 is -0.935. The number of nitrogens with one attached hydrogen (secondary N) is 1. The van der Waals surface area contributed by atoms with Gasteiger partial charge in [0.25, 0.3) is 0 Å². The topological polar surface area (TPSA) is 46.2 Å². The Labute approximate surface area is 110 Å². The Morgan fingerprint density at radius 1 is 1.38 bits per heavy atom. The second kappa shape index (κ2) is 3.96. The molecule has 0 aliphatic heterocycles. The van der Waals surface area contributed by atoms with E-state index >= 15 is 0 Å². The lowest BCUT2D eigenvalue weighted by Crippen LogP contribution is -2.37. The number of halogens is 2. The van der Waals surface area contributed by atoms with Crippen molar-refractivity contribution in [2.24, 2.45) is 0 Å². The highest BCUT2D eigenvalue weighted by Crippen LogP contribution is 2.48. The summed E-state index contributed by atoms with van der Waals surface area (Å²) in [6.45, 7) is 1.43. The van der Waals surface area contributed by atoms with E-state index in [1.807, 2.05) is 18.2 Å². The standard InChI is InChI=1S/C11H9Br2NO2/c1-6(15)14-9-7-4-2-3-5-8(7)10(16)11(9,12)13/h2-5,9H,1H3,(H,14,15). The molecule has 1 aromatic carbocycles. The highest BCUT2D eigenvalue weighted by Gasteiger charge is 2.50. The van der Waals surface area contributed by atoms with Crippen LogP contribution in [0, 0.1) is 0 Å². The van der Waals surface area contributed by atoms with Crippen molar-refractivity contribution in [2.45, 2.75) is 16.2 Å². The summed E-state index contributed by atoms with van der Waals surface area (Å²) in [6, 6.07) is 6.88. The van der Waals surface area contributed by atoms with Crippen LogP contribution in [0.5, 0.6) is 0 Å². The fraction of sp³-hybridized carbons (Fsp3) is 0.273. The molecule has 1 N–H and O–H groups in total. The zero-order valence-electron chi connectivity index (χ0n) is 8.46. The van der Waals surface area contributed by atoms with Crippen molar-refractivity contribution in [3.05, 3.63) is 35.4 Å². The molecular formula is C11H9Br2NO2. The smallest absolute Gasteiger partial charge is 0.217 e. The minimum Gasteiger partial charge on any atom is -0.347 e. The maximum Gasteiger partial charge on any atom is 0.217 e. The highest BCUT2D eigenvalue weighted by molar-refractivity contribution is 9.26. The van der Waals surface area contributed by atoms with Crippen LogP contribution in [0.4, 0.5) is 0 Å². The van der Waals surface area contributed by atoms with Gasteiger partial charge in [-0.15, -0.1) is 0 Å². The number of hydrogen-bond acceptors (Lipinski definition) is 2. The molecule has 5 heteroatoms. The number of alkyl halides is 2. The van der Waals surface area contributed by atoms with E-state index in [1.165, 1.54) is 6.92 Å². The highest BCUT2D eigenvalue weighted by atomic mass is 79.9. The van der Waals surface area contributed by atoms with E-state index in [2.05, 4.69) is 37.2 Å². The van der Waals surface area contributed by atoms with Crippen LogP contribution in [0.1, 0.15) is 28.9 Å². The van der Waals surface area contributed by atoms with Gasteiger partial charge in [0.05, 0.1) is 6.04 Å². The summed E-state index contributed by atoms with van der Waals surface area (Å²) in [5.41, 5.74) is 1.46. The summed E-state index contributed by atoms with van der Waals surface area (Å²) in [4.78, 5) is 23.2. The van der Waals surface area contributed by atoms with E-state index in [9.17, 15) is 9.59 Å². The first-order chi connectivity index (χ1) is 7.44. The van der Waals surface area contributed by atoms with Crippen molar-refractivity contribution in [2.75, 3.05) is 0 Å². The third-order valence-electron chi connectivity index (χ3n) is 2.53. The lowest BCUT2D eigenvalue weighted by Gasteiger charge is -2.22. The molecular weight excluding hydrogens is 338 g/mol. The van der Waals surface area contributed by atoms with Gasteiger partial charge in [0, 0.05) is 12.5 Å². The quantitative estimate of drug-likeness (QED) is 0.794. The van der Waals surface area contributed by atoms with Gasteiger partial charge in [-0.2, -0.15) is 0 Å². The van der Waals surface area contributed by atoms with Crippen LogP contribution in [0.15, 0.2) is 24.3 Å². The van der Waals surface area contributed by atoms with E-state index in [0.29, 0.717) is 5.56 Å². The van der Waals surface area contributed by atoms with Crippen molar-refractivity contribution >= 4 is 43.6 Å². The summed E-state index contributed by atoms with van der Waals surface area (Å²) in [6.07, 6.45) is 0. The molecule has 2 rings (SSSR count). The zero-order chi connectivity index (χ0) is 11.9. The van der Waals surface area contributed by atoms with Crippen molar-refractivity contribution in [1.82, 2.24) is 5.32 Å². The molecule has 1 aliphatic rings. The SMILES string of the molecule is CC(=O)NC1c2ccccc2C(=O)C1(Br)Br. The van der Waals surface area contributed by atoms with Gasteiger partial charge in [-0.05, 0) is 5.56 Å². The Hall–Kier alpha value is -0.680. The van der Waals surface area contributed by atoms with Crippen LogP contribution in [0.3, 0.4) is 0 Å². The fourth-order valence-corrected chi connectivity index (χ4v) is 2.98. The van der Waals surface area contributed by atoms with Gasteiger partial charge in [-0.3, -0.25) is 9.59 Å². The maximum atomic E-state index is 12.1. The van der Waals surface area contributed by atoms with Gasteiger partial charge >= 0.3 is 0 Å². The number of fused-ring (bicyclic) bond motifs is 1. The molecule has 84 valence electrons. The first-order valence-electron chi connectivity index (χ1n) is 4.73. The van der Waals surface area contributed by atoms with E-state index < -0.39 is 3.23 Å². The van der Waals surface area contributed by atoms with Gasteiger partial charge in [0.1, 0.15) is 0 Å². The van der Waals surface area contributed by atoms with E-state index in [1.54, 1.807) is 6.07 Å². The average molecular weight is 347 g/mol. The summed E-state index contributed by atoms with van der Waals surface area (Å²) in [7, 11) is 0. The molecule has 0 radical (unpaired) electrons. The molecule has 0 spiro atoms. The van der Waals surface area contributed by atoms with Gasteiger partial charge < -0.3 is 5.32 Å². The number of rotatable bonds is 1. The predicted molar refractivity (Wildman–Crippen MR) is 67.9 cm³/mol. The number of hydrogen-bond donors (Lipinski definition) is 1. The minimum absolute atomic E-state index is 0.0677. The molecule has 1 unspecified atom stereocenters. The molecule has 1 aromatic rings. The molecule has 1 aliphatic carbocycles. The Morgan fingerprint density at radius 3 is 2.62 bits per heavy atom. The molecule has 0 heterocycles. The Kier molecular flexibility index (Phi) is 2.92. The number of carbonyl (C=O) groups excluding carboxylic acids is 2. The van der Waals surface area contributed by atoms with E-state index in [0.717, 1.165) is 5.56 Å². The third kappa shape index (κ3) is 1.72. The second-order valence-electron chi connectivity index (χ2n) is 3.67. The average Bonchev–Trinajstić information content (AvgIpc) is 2.40. The van der Waals surface area contributed by atoms with E-state index in [4.69, 9.17) is 0 Å². The molecule has 0 fully saturated rings. The van der Waals surface area contributed by atoms with E-state index in [-0.39, 0.29) is 17.7 Å². The molecule has 3 nitrogen and oxygen atoms in total. The number of Topliss-reactive ketones (excluding diaryl/α,β-unsaturated/α-hetero) is 1. The number of benzene rings is 1. The fourth-order valence-electron chi connectivity index (χ4n) is 1.83. The molecule has 1 atom stereocenters. The van der Waals surface area contributed by atoms with Crippen LogP contribution >= 0.6 is 31.9 Å². The van der Waals surface area contributed by atoms with Crippen molar-refractivity contribution in [3.63, 3.8) is 0 Å². The molecule has 0 saturated carbocycles. The van der Waals surface area contributed by atoms with Crippen LogP contribution in [-0.2, 0) is 4.79 Å². The van der Waals surface area contributed by atoms with Gasteiger partial charge in [0.15, 0.2) is 9.02 Å². The van der Waals surface area contributed by atoms with Crippen molar-refractivity contribution in [1.29, 1.82) is 0 Å². The second-order valence-corrected chi connectivity index (χ2v) is 7.24. The van der Waals surface area contributed by atoms with Gasteiger partial charge in [-0.25, -0.2) is 0 Å². The monoisotopic (exact) mass is 345 g/mol. The third-order valence-corrected chi connectivity index (χ3v) is 4.17. The normalized spacial score (nSPS) is 21.7. The molecule has 0 saturated heterocycles. The first-order valence-corrected chi connectivity index (χ1v) is 6.32. The molecule has 0 bridgehead atoms. The minimum atomic E-state index is -0.935. The van der Waals surface area contributed by atoms with Gasteiger partial charge in [0.2, 0.25) is 5.91 Å². The van der Waals surface area contributed by atoms with Crippen LogP contribution in [0.2, 0.25) is 0 Å². The van der Waals surface area contributed by atoms with Crippen molar-refractivity contribution in [3.8, 4) is 0 Å². The van der Waals surface area contributed by atoms with Crippen LogP contribution < -0.4 is 5.32 Å². The molecule has 16 heavy (non-hydrogen) atoms. The number of amides is 1. The van der Waals surface area contributed by atoms with Gasteiger partial charge in [-0.1, -0.05) is 56.1 Å². The summed E-state index contributed by atoms with van der Waals surface area (Å²) in [5, 5.41) is 2.77. The lowest BCUT2D eigenvalue weighted by molar-refractivity contribution is -0.119. The number of ketones is 1. The zero-order valence-corrected chi connectivity index (χ0v) is 11.6. The largest absolute Gasteiger partial charge is 0.347 e. The van der Waals surface area contributed by atoms with Crippen molar-refractivity contribution < 1.29 is 9.59 Å². The Morgan fingerprint density at radius 2 is 2.00 bits per heavy atom. The lowest BCUT2D eigenvalue weighted by atomic mass is 10.1. The predicted octanol–water partition coefficient (Wildman–Crippen LogP) is 2.55. The Balaban J connectivity index is 2.51.